The second-order valence-corrected chi connectivity index (χ2v) is 4.62. The molecule has 0 aliphatic heterocycles. The third-order valence-corrected chi connectivity index (χ3v) is 2.77. The van der Waals surface area contributed by atoms with Crippen LogP contribution in [-0.4, -0.2) is 20.0 Å². The van der Waals surface area contributed by atoms with E-state index < -0.39 is 0 Å². The van der Waals surface area contributed by atoms with Crippen LogP contribution in [0.2, 0.25) is 0 Å². The molecule has 0 unspecified atom stereocenters. The van der Waals surface area contributed by atoms with Gasteiger partial charge in [-0.3, -0.25) is 0 Å². The van der Waals surface area contributed by atoms with Crippen molar-refractivity contribution in [2.45, 2.75) is 26.3 Å². The van der Waals surface area contributed by atoms with Gasteiger partial charge in [-0.2, -0.15) is 0 Å². The lowest BCUT2D eigenvalue weighted by atomic mass is 10.1. The number of hydrogen-bond donors (Lipinski definition) is 0. The Morgan fingerprint density at radius 3 is 1.57 bits per heavy atom. The topological polar surface area (TPSA) is 3.24 Å². The highest BCUT2D eigenvalue weighted by Gasteiger charge is 2.12. The van der Waals surface area contributed by atoms with Crippen LogP contribution < -0.4 is 0 Å². The van der Waals surface area contributed by atoms with Gasteiger partial charge >= 0.3 is 0 Å². The highest BCUT2D eigenvalue weighted by molar-refractivity contribution is 6.30. The van der Waals surface area contributed by atoms with Crippen molar-refractivity contribution in [3.05, 3.63) is 0 Å². The summed E-state index contributed by atoms with van der Waals surface area (Å²) in [6.45, 7) is 6.27. The Kier molecular flexibility index (Phi) is 2.30. The molecule has 7 heavy (non-hydrogen) atoms. The van der Waals surface area contributed by atoms with E-state index >= 15 is 0 Å². The molecule has 0 bridgehead atoms. The molecule has 0 spiro atoms. The minimum atomic E-state index is 0.160. The van der Waals surface area contributed by atoms with Crippen molar-refractivity contribution in [2.24, 2.45) is 0 Å². The van der Waals surface area contributed by atoms with Crippen LogP contribution in [0.4, 0.5) is 0 Å². The maximum atomic E-state index is 5.65. The average Bonchev–Trinajstić information content (AvgIpc) is 1.31. The second-order valence-electron chi connectivity index (χ2n) is 2.65. The van der Waals surface area contributed by atoms with Crippen LogP contribution in [-0.2, 0) is 0 Å². The van der Waals surface area contributed by atoms with Crippen molar-refractivity contribution < 1.29 is 0 Å². The molecule has 1 nitrogen and oxygen atoms in total. The Morgan fingerprint density at radius 1 is 1.43 bits per heavy atom. The standard InChI is InChI=1S/C4H12ClNSi/c1-4(2,3)6(5)7/h1-3,7H3. The number of halogens is 1. The minimum Gasteiger partial charge on any atom is -0.248 e. The molecule has 0 fully saturated rings. The minimum absolute atomic E-state index is 0.160. The summed E-state index contributed by atoms with van der Waals surface area (Å²) in [5, 5.41) is 0. The molecule has 44 valence electrons. The van der Waals surface area contributed by atoms with Gasteiger partial charge in [0, 0.05) is 5.54 Å². The van der Waals surface area contributed by atoms with Gasteiger partial charge in [0.05, 0.1) is 0 Å². The van der Waals surface area contributed by atoms with Crippen molar-refractivity contribution in [2.75, 3.05) is 0 Å². The zero-order chi connectivity index (χ0) is 6.08. The Bertz CT molecular complexity index is 57.2. The van der Waals surface area contributed by atoms with E-state index in [2.05, 4.69) is 20.8 Å². The Labute approximate surface area is 53.3 Å². The van der Waals surface area contributed by atoms with Gasteiger partial charge in [-0.1, -0.05) is 0 Å². The van der Waals surface area contributed by atoms with Crippen molar-refractivity contribution in [3.8, 4) is 0 Å². The first kappa shape index (κ1) is 7.47. The summed E-state index contributed by atoms with van der Waals surface area (Å²) in [6, 6.07) is 0. The Hall–Kier alpha value is 0.467. The van der Waals surface area contributed by atoms with Crippen molar-refractivity contribution in [1.29, 1.82) is 0 Å². The smallest absolute Gasteiger partial charge is 0.100 e. The molecule has 0 N–H and O–H groups in total. The van der Waals surface area contributed by atoms with Gasteiger partial charge in [-0.25, -0.2) is 4.08 Å². The molecule has 0 atom stereocenters. The second kappa shape index (κ2) is 2.16. The molecule has 0 saturated heterocycles. The third-order valence-electron chi connectivity index (χ3n) is 0.924. The number of rotatable bonds is 0. The zero-order valence-corrected chi connectivity index (χ0v) is 8.08. The normalized spacial score (nSPS) is 13.3. The lowest BCUT2D eigenvalue weighted by molar-refractivity contribution is 0.389. The lowest BCUT2D eigenvalue weighted by Gasteiger charge is -2.24. The molecule has 0 amide bonds. The molecular formula is C4H12ClNSi. The van der Waals surface area contributed by atoms with Crippen LogP contribution in [0.1, 0.15) is 20.8 Å². The van der Waals surface area contributed by atoms with E-state index in [9.17, 15) is 0 Å². The SMILES string of the molecule is CC(C)(C)N([SiH3])Cl. The van der Waals surface area contributed by atoms with Gasteiger partial charge in [0.15, 0.2) is 0 Å². The molecule has 0 saturated carbocycles. The van der Waals surface area contributed by atoms with Crippen molar-refractivity contribution in [1.82, 2.24) is 4.08 Å². The molecule has 3 heteroatoms. The van der Waals surface area contributed by atoms with Gasteiger partial charge < -0.3 is 0 Å². The van der Waals surface area contributed by atoms with E-state index in [1.165, 1.54) is 0 Å². The summed E-state index contributed by atoms with van der Waals surface area (Å²) in [7, 11) is 0.927. The molecule has 0 aliphatic rings. The molecule has 0 aliphatic carbocycles. The fourth-order valence-corrected chi connectivity index (χ4v) is 0. The van der Waals surface area contributed by atoms with E-state index in [1.54, 1.807) is 4.08 Å². The molecule has 0 rings (SSSR count). The molecule has 0 radical (unpaired) electrons. The van der Waals surface area contributed by atoms with Gasteiger partial charge in [-0.05, 0) is 32.5 Å². The Morgan fingerprint density at radius 2 is 1.57 bits per heavy atom. The van der Waals surface area contributed by atoms with Crippen LogP contribution in [0.3, 0.4) is 0 Å². The molecule has 0 aromatic rings. The highest BCUT2D eigenvalue weighted by atomic mass is 35.5. The zero-order valence-electron chi connectivity index (χ0n) is 5.33. The van der Waals surface area contributed by atoms with Gasteiger partial charge in [0.1, 0.15) is 10.4 Å². The van der Waals surface area contributed by atoms with Crippen LogP contribution in [0.5, 0.6) is 0 Å². The maximum absolute atomic E-state index is 5.65. The van der Waals surface area contributed by atoms with E-state index in [4.69, 9.17) is 11.8 Å². The van der Waals surface area contributed by atoms with E-state index in [0.29, 0.717) is 0 Å². The summed E-state index contributed by atoms with van der Waals surface area (Å²) < 4.78 is 1.80. The van der Waals surface area contributed by atoms with Gasteiger partial charge in [0.25, 0.3) is 0 Å². The first-order chi connectivity index (χ1) is 2.94. The van der Waals surface area contributed by atoms with Crippen molar-refractivity contribution in [3.63, 3.8) is 0 Å². The van der Waals surface area contributed by atoms with Crippen LogP contribution in [0, 0.1) is 0 Å². The number of nitrogens with zero attached hydrogens (tertiary/aromatic N) is 1. The first-order valence-electron chi connectivity index (χ1n) is 2.34. The largest absolute Gasteiger partial charge is 0.248 e. The average molecular weight is 138 g/mol. The quantitative estimate of drug-likeness (QED) is 0.348. The predicted octanol–water partition coefficient (Wildman–Crippen LogP) is 0.521. The summed E-state index contributed by atoms with van der Waals surface area (Å²) >= 11 is 5.65. The summed E-state index contributed by atoms with van der Waals surface area (Å²) in [6.07, 6.45) is 0. The maximum Gasteiger partial charge on any atom is 0.100 e. The fourth-order valence-electron chi connectivity index (χ4n) is 0. The van der Waals surface area contributed by atoms with Crippen LogP contribution in [0.15, 0.2) is 0 Å². The molecule has 0 aromatic heterocycles. The predicted molar refractivity (Wildman–Crippen MR) is 37.4 cm³/mol. The first-order valence-corrected chi connectivity index (χ1v) is 3.57. The molecular weight excluding hydrogens is 126 g/mol. The molecule has 0 aromatic carbocycles. The third kappa shape index (κ3) is 3.09. The van der Waals surface area contributed by atoms with Crippen molar-refractivity contribution >= 4 is 22.2 Å². The van der Waals surface area contributed by atoms with Gasteiger partial charge in [-0.15, -0.1) is 0 Å². The lowest BCUT2D eigenvalue weighted by Crippen LogP contribution is -2.31. The highest BCUT2D eigenvalue weighted by Crippen LogP contribution is 2.10. The summed E-state index contributed by atoms with van der Waals surface area (Å²) in [4.78, 5) is 0. The monoisotopic (exact) mass is 137 g/mol. The van der Waals surface area contributed by atoms with E-state index in [-0.39, 0.29) is 5.54 Å². The van der Waals surface area contributed by atoms with Gasteiger partial charge in [0.2, 0.25) is 0 Å². The van der Waals surface area contributed by atoms with Crippen LogP contribution in [0.25, 0.3) is 0 Å². The summed E-state index contributed by atoms with van der Waals surface area (Å²) in [5.41, 5.74) is 0.160. The van der Waals surface area contributed by atoms with Crippen LogP contribution >= 0.6 is 11.8 Å². The fraction of sp³-hybridized carbons (Fsp3) is 1.00. The van der Waals surface area contributed by atoms with E-state index in [1.807, 2.05) is 0 Å². The Balaban J connectivity index is 3.54. The summed E-state index contributed by atoms with van der Waals surface area (Å²) in [5.74, 6) is 0. The molecule has 0 heterocycles. The van der Waals surface area contributed by atoms with E-state index in [0.717, 1.165) is 10.4 Å². The number of hydrogen-bond acceptors (Lipinski definition) is 1.